The van der Waals surface area contributed by atoms with Gasteiger partial charge in [-0.3, -0.25) is 4.79 Å². The molecule has 0 aromatic heterocycles. The van der Waals surface area contributed by atoms with Gasteiger partial charge in [-0.1, -0.05) is 30.0 Å². The van der Waals surface area contributed by atoms with E-state index in [0.29, 0.717) is 22.3 Å². The number of rotatable bonds is 5. The van der Waals surface area contributed by atoms with E-state index in [0.717, 1.165) is 36.3 Å². The highest BCUT2D eigenvalue weighted by molar-refractivity contribution is 7.99. The van der Waals surface area contributed by atoms with E-state index in [1.165, 1.54) is 0 Å². The number of nitrogens with zero attached hydrogens (tertiary/aromatic N) is 1. The summed E-state index contributed by atoms with van der Waals surface area (Å²) < 4.78 is 25.3. The third kappa shape index (κ3) is 4.80. The van der Waals surface area contributed by atoms with Crippen LogP contribution in [0.5, 0.6) is 0 Å². The monoisotopic (exact) mass is 399 g/mol. The molecule has 0 saturated carbocycles. The van der Waals surface area contributed by atoms with Gasteiger partial charge in [0.15, 0.2) is 0 Å². The maximum absolute atomic E-state index is 12.6. The van der Waals surface area contributed by atoms with Crippen molar-refractivity contribution in [2.75, 3.05) is 29.0 Å². The molecule has 140 valence electrons. The fourth-order valence-corrected chi connectivity index (χ4v) is 3.62. The van der Waals surface area contributed by atoms with Crippen LogP contribution in [0.2, 0.25) is 0 Å². The highest BCUT2D eigenvalue weighted by Crippen LogP contribution is 2.33. The summed E-state index contributed by atoms with van der Waals surface area (Å²) in [6.07, 6.45) is 1.82. The van der Waals surface area contributed by atoms with Gasteiger partial charge < -0.3 is 16.0 Å². The van der Waals surface area contributed by atoms with Gasteiger partial charge in [-0.25, -0.2) is 0 Å². The van der Waals surface area contributed by atoms with Crippen molar-refractivity contribution in [1.29, 1.82) is 0 Å². The molecule has 2 aromatic rings. The molecule has 1 aliphatic rings. The zero-order valence-electron chi connectivity index (χ0n) is 14.0. The van der Waals surface area contributed by atoms with Crippen molar-refractivity contribution in [1.82, 2.24) is 0 Å². The molecule has 0 aliphatic carbocycles. The van der Waals surface area contributed by atoms with Crippen molar-refractivity contribution in [3.05, 3.63) is 48.0 Å². The Balaban J connectivity index is 0.00000243. The van der Waals surface area contributed by atoms with Crippen LogP contribution < -0.4 is 16.0 Å². The molecule has 8 heteroatoms. The molecule has 0 atom stereocenters. The van der Waals surface area contributed by atoms with Crippen LogP contribution in [-0.2, 0) is 11.2 Å². The van der Waals surface area contributed by atoms with Gasteiger partial charge in [-0.05, 0) is 42.7 Å². The first kappa shape index (κ1) is 20.3. The van der Waals surface area contributed by atoms with Gasteiger partial charge in [0.2, 0.25) is 5.91 Å². The van der Waals surface area contributed by atoms with Crippen LogP contribution in [-0.4, -0.2) is 24.8 Å². The van der Waals surface area contributed by atoms with Crippen molar-refractivity contribution in [2.24, 2.45) is 0 Å². The Bertz CT molecular complexity index is 776. The number of carbonyl (C=O) groups is 1. The topological polar surface area (TPSA) is 58.4 Å². The molecule has 0 spiro atoms. The molecule has 0 unspecified atom stereocenters. The van der Waals surface area contributed by atoms with E-state index >= 15 is 0 Å². The highest BCUT2D eigenvalue weighted by atomic mass is 35.5. The van der Waals surface area contributed by atoms with Gasteiger partial charge in [-0.2, -0.15) is 8.78 Å². The molecule has 0 radical (unpaired) electrons. The van der Waals surface area contributed by atoms with Crippen molar-refractivity contribution >= 4 is 47.1 Å². The molecular formula is C18H20ClF2N3OS. The Morgan fingerprint density at radius 1 is 1.23 bits per heavy atom. The molecular weight excluding hydrogens is 380 g/mol. The molecule has 0 bridgehead atoms. The molecule has 0 fully saturated rings. The zero-order chi connectivity index (χ0) is 17.8. The Labute approximate surface area is 161 Å². The van der Waals surface area contributed by atoms with E-state index < -0.39 is 5.76 Å². The fraction of sp³-hybridized carbons (Fsp3) is 0.278. The third-order valence-corrected chi connectivity index (χ3v) is 4.88. The summed E-state index contributed by atoms with van der Waals surface area (Å²) in [5.41, 5.74) is 9.20. The predicted octanol–water partition coefficient (Wildman–Crippen LogP) is 4.40. The number of para-hydroxylation sites is 1. The molecule has 1 amide bonds. The second-order valence-corrected chi connectivity index (χ2v) is 6.82. The summed E-state index contributed by atoms with van der Waals surface area (Å²) in [5, 5.41) is 2.74. The van der Waals surface area contributed by atoms with Crippen molar-refractivity contribution in [3.63, 3.8) is 0 Å². The second kappa shape index (κ2) is 9.09. The Kier molecular flexibility index (Phi) is 7.11. The van der Waals surface area contributed by atoms with E-state index in [1.54, 1.807) is 24.3 Å². The third-order valence-electron chi connectivity index (χ3n) is 4.09. The number of hydrogen-bond donors (Lipinski definition) is 2. The summed E-state index contributed by atoms with van der Waals surface area (Å²) in [6, 6.07) is 12.3. The molecule has 3 N–H and O–H groups in total. The lowest BCUT2D eigenvalue weighted by molar-refractivity contribution is -0.115. The lowest BCUT2D eigenvalue weighted by Crippen LogP contribution is -2.37. The zero-order valence-corrected chi connectivity index (χ0v) is 15.6. The lowest BCUT2D eigenvalue weighted by Gasteiger charge is -2.31. The summed E-state index contributed by atoms with van der Waals surface area (Å²) >= 11 is 0.425. The molecule has 2 aromatic carbocycles. The summed E-state index contributed by atoms with van der Waals surface area (Å²) in [7, 11) is 0. The van der Waals surface area contributed by atoms with E-state index in [9.17, 15) is 13.6 Å². The van der Waals surface area contributed by atoms with E-state index in [-0.39, 0.29) is 24.9 Å². The SMILES string of the molecule is Cl.Nc1cccc2c1CCCN2CC(=O)Nc1ccccc1SC(F)F. The summed E-state index contributed by atoms with van der Waals surface area (Å²) in [5.74, 6) is -2.77. The number of alkyl halides is 2. The average molecular weight is 400 g/mol. The van der Waals surface area contributed by atoms with Crippen molar-refractivity contribution in [3.8, 4) is 0 Å². The number of benzene rings is 2. The molecule has 4 nitrogen and oxygen atoms in total. The standard InChI is InChI=1S/C18H19F2N3OS.ClH/c19-18(20)25-16-9-2-1-7-14(16)22-17(24)11-23-10-4-5-12-13(21)6-3-8-15(12)23;/h1-3,6-9,18H,4-5,10-11,21H2,(H,22,24);1H. The number of fused-ring (bicyclic) bond motifs is 1. The fourth-order valence-electron chi connectivity index (χ4n) is 3.02. The predicted molar refractivity (Wildman–Crippen MR) is 106 cm³/mol. The van der Waals surface area contributed by atoms with Gasteiger partial charge in [0, 0.05) is 22.8 Å². The first-order chi connectivity index (χ1) is 12.0. The minimum absolute atomic E-state index is 0. The second-order valence-electron chi connectivity index (χ2n) is 5.79. The largest absolute Gasteiger partial charge is 0.398 e. The van der Waals surface area contributed by atoms with Crippen molar-refractivity contribution in [2.45, 2.75) is 23.5 Å². The number of halogens is 3. The number of amides is 1. The number of carbonyl (C=O) groups excluding carboxylic acids is 1. The van der Waals surface area contributed by atoms with Gasteiger partial charge >= 0.3 is 0 Å². The summed E-state index contributed by atoms with van der Waals surface area (Å²) in [6.45, 7) is 0.918. The highest BCUT2D eigenvalue weighted by Gasteiger charge is 2.21. The van der Waals surface area contributed by atoms with E-state index in [2.05, 4.69) is 5.32 Å². The molecule has 3 rings (SSSR count). The first-order valence-electron chi connectivity index (χ1n) is 8.00. The Morgan fingerprint density at radius 2 is 2.00 bits per heavy atom. The lowest BCUT2D eigenvalue weighted by atomic mass is 10.00. The number of nitrogens with two attached hydrogens (primary N) is 1. The van der Waals surface area contributed by atoms with Crippen LogP contribution in [0.25, 0.3) is 0 Å². The van der Waals surface area contributed by atoms with Gasteiger partial charge in [0.1, 0.15) is 0 Å². The number of anilines is 3. The van der Waals surface area contributed by atoms with Gasteiger partial charge in [0.05, 0.1) is 12.2 Å². The quantitative estimate of drug-likeness (QED) is 0.578. The first-order valence-corrected chi connectivity index (χ1v) is 8.88. The van der Waals surface area contributed by atoms with Gasteiger partial charge in [0.25, 0.3) is 5.76 Å². The molecule has 1 heterocycles. The maximum Gasteiger partial charge on any atom is 0.288 e. The Hall–Kier alpha value is -1.99. The smallest absolute Gasteiger partial charge is 0.288 e. The van der Waals surface area contributed by atoms with Crippen LogP contribution in [0.4, 0.5) is 25.8 Å². The minimum Gasteiger partial charge on any atom is -0.398 e. The number of hydrogen-bond acceptors (Lipinski definition) is 4. The van der Waals surface area contributed by atoms with Crippen LogP contribution >= 0.6 is 24.2 Å². The summed E-state index contributed by atoms with van der Waals surface area (Å²) in [4.78, 5) is 14.8. The molecule has 0 saturated heterocycles. The van der Waals surface area contributed by atoms with Crippen LogP contribution in [0.3, 0.4) is 0 Å². The average Bonchev–Trinajstić information content (AvgIpc) is 2.57. The van der Waals surface area contributed by atoms with Crippen LogP contribution in [0.15, 0.2) is 47.4 Å². The maximum atomic E-state index is 12.6. The van der Waals surface area contributed by atoms with Crippen molar-refractivity contribution < 1.29 is 13.6 Å². The van der Waals surface area contributed by atoms with E-state index in [1.807, 2.05) is 23.1 Å². The van der Waals surface area contributed by atoms with Crippen LogP contribution in [0, 0.1) is 0 Å². The Morgan fingerprint density at radius 3 is 2.77 bits per heavy atom. The molecule has 26 heavy (non-hydrogen) atoms. The van der Waals surface area contributed by atoms with Crippen LogP contribution in [0.1, 0.15) is 12.0 Å². The normalized spacial score (nSPS) is 13.1. The minimum atomic E-state index is -2.53. The number of thioether (sulfide) groups is 1. The van der Waals surface area contributed by atoms with E-state index in [4.69, 9.17) is 5.73 Å². The molecule has 1 aliphatic heterocycles. The number of nitrogen functional groups attached to an aromatic ring is 1. The number of nitrogens with one attached hydrogen (secondary N) is 1. The van der Waals surface area contributed by atoms with Gasteiger partial charge in [-0.15, -0.1) is 12.4 Å².